The summed E-state index contributed by atoms with van der Waals surface area (Å²) in [7, 11) is 0. The molecule has 2 N–H and O–H groups in total. The van der Waals surface area contributed by atoms with E-state index in [0.29, 0.717) is 0 Å². The lowest BCUT2D eigenvalue weighted by Gasteiger charge is -2.11. The smallest absolute Gasteiger partial charge is 0.0997 e. The molecule has 17 heavy (non-hydrogen) atoms. The standard InChI is InChI=1S/C13H16BrN3/c1-8(15)12-5-4-11(6-13(12)14)17-7-16-9(2)10(17)3/h4-8H,15H2,1-3H3. The van der Waals surface area contributed by atoms with Crippen LogP contribution in [0.4, 0.5) is 0 Å². The first-order valence-corrected chi connectivity index (χ1v) is 6.36. The summed E-state index contributed by atoms with van der Waals surface area (Å²) in [6.07, 6.45) is 1.85. The SMILES string of the molecule is Cc1ncn(-c2ccc(C(C)N)c(Br)c2)c1C. The number of hydrogen-bond donors (Lipinski definition) is 1. The van der Waals surface area contributed by atoms with Crippen molar-refractivity contribution in [1.29, 1.82) is 0 Å². The third kappa shape index (κ3) is 2.28. The van der Waals surface area contributed by atoms with Crippen molar-refractivity contribution in [2.24, 2.45) is 5.73 Å². The molecule has 0 saturated carbocycles. The molecular formula is C13H16BrN3. The zero-order valence-electron chi connectivity index (χ0n) is 10.2. The van der Waals surface area contributed by atoms with Crippen molar-refractivity contribution in [1.82, 2.24) is 9.55 Å². The Morgan fingerprint density at radius 2 is 2.06 bits per heavy atom. The number of nitrogens with two attached hydrogens (primary N) is 1. The van der Waals surface area contributed by atoms with E-state index in [1.54, 1.807) is 0 Å². The second-order valence-corrected chi connectivity index (χ2v) is 5.13. The summed E-state index contributed by atoms with van der Waals surface area (Å²) < 4.78 is 3.11. The Hall–Kier alpha value is -1.13. The van der Waals surface area contributed by atoms with Crippen LogP contribution < -0.4 is 5.73 Å². The van der Waals surface area contributed by atoms with Gasteiger partial charge in [-0.1, -0.05) is 22.0 Å². The molecule has 2 rings (SSSR count). The minimum atomic E-state index is 0.0315. The van der Waals surface area contributed by atoms with E-state index < -0.39 is 0 Å². The normalized spacial score (nSPS) is 12.8. The first kappa shape index (κ1) is 12.3. The third-order valence-corrected chi connectivity index (χ3v) is 3.69. The lowest BCUT2D eigenvalue weighted by atomic mass is 10.1. The number of hydrogen-bond acceptors (Lipinski definition) is 2. The van der Waals surface area contributed by atoms with Gasteiger partial charge in [0.2, 0.25) is 0 Å². The van der Waals surface area contributed by atoms with Gasteiger partial charge in [0.05, 0.1) is 12.0 Å². The van der Waals surface area contributed by atoms with Gasteiger partial charge in [-0.15, -0.1) is 0 Å². The zero-order chi connectivity index (χ0) is 12.6. The van der Waals surface area contributed by atoms with Crippen LogP contribution in [0.5, 0.6) is 0 Å². The second kappa shape index (κ2) is 4.63. The Balaban J connectivity index is 2.48. The monoisotopic (exact) mass is 293 g/mol. The van der Waals surface area contributed by atoms with Gasteiger partial charge >= 0.3 is 0 Å². The van der Waals surface area contributed by atoms with Crippen LogP contribution in [-0.2, 0) is 0 Å². The summed E-state index contributed by atoms with van der Waals surface area (Å²) in [4.78, 5) is 4.30. The Kier molecular flexibility index (Phi) is 3.35. The molecule has 0 spiro atoms. The van der Waals surface area contributed by atoms with Crippen molar-refractivity contribution < 1.29 is 0 Å². The van der Waals surface area contributed by atoms with Crippen LogP contribution in [-0.4, -0.2) is 9.55 Å². The van der Waals surface area contributed by atoms with Gasteiger partial charge < -0.3 is 10.3 Å². The lowest BCUT2D eigenvalue weighted by Crippen LogP contribution is -2.06. The minimum absolute atomic E-state index is 0.0315. The van der Waals surface area contributed by atoms with E-state index in [9.17, 15) is 0 Å². The first-order valence-electron chi connectivity index (χ1n) is 5.56. The fourth-order valence-corrected chi connectivity index (χ4v) is 2.52. The first-order chi connectivity index (χ1) is 8.00. The molecule has 4 heteroatoms. The molecule has 0 amide bonds. The second-order valence-electron chi connectivity index (χ2n) is 4.28. The molecule has 1 aromatic carbocycles. The summed E-state index contributed by atoms with van der Waals surface area (Å²) in [6.45, 7) is 6.05. The number of benzene rings is 1. The molecular weight excluding hydrogens is 278 g/mol. The van der Waals surface area contributed by atoms with E-state index in [-0.39, 0.29) is 6.04 Å². The maximum Gasteiger partial charge on any atom is 0.0997 e. The Labute approximate surface area is 110 Å². The highest BCUT2D eigenvalue weighted by Crippen LogP contribution is 2.25. The Morgan fingerprint density at radius 1 is 1.35 bits per heavy atom. The van der Waals surface area contributed by atoms with Crippen molar-refractivity contribution in [3.05, 3.63) is 46.0 Å². The quantitative estimate of drug-likeness (QED) is 0.923. The van der Waals surface area contributed by atoms with E-state index in [2.05, 4.69) is 50.6 Å². The highest BCUT2D eigenvalue weighted by Gasteiger charge is 2.08. The van der Waals surface area contributed by atoms with Crippen molar-refractivity contribution >= 4 is 15.9 Å². The van der Waals surface area contributed by atoms with Gasteiger partial charge in [0.15, 0.2) is 0 Å². The summed E-state index contributed by atoms with van der Waals surface area (Å²) in [6, 6.07) is 6.23. The number of imidazole rings is 1. The molecule has 0 fully saturated rings. The van der Waals surface area contributed by atoms with Gasteiger partial charge in [0, 0.05) is 21.9 Å². The van der Waals surface area contributed by atoms with Gasteiger partial charge in [0.25, 0.3) is 0 Å². The van der Waals surface area contributed by atoms with E-state index in [1.807, 2.05) is 20.2 Å². The topological polar surface area (TPSA) is 43.8 Å². The molecule has 1 heterocycles. The van der Waals surface area contributed by atoms with Crippen molar-refractivity contribution in [2.45, 2.75) is 26.8 Å². The molecule has 0 radical (unpaired) electrons. The maximum absolute atomic E-state index is 5.89. The van der Waals surface area contributed by atoms with Crippen molar-refractivity contribution in [3.8, 4) is 5.69 Å². The van der Waals surface area contributed by atoms with Crippen LogP contribution in [0, 0.1) is 13.8 Å². The average molecular weight is 294 g/mol. The van der Waals surface area contributed by atoms with E-state index in [0.717, 1.165) is 27.1 Å². The molecule has 0 saturated heterocycles. The number of nitrogens with zero attached hydrogens (tertiary/aromatic N) is 2. The van der Waals surface area contributed by atoms with Gasteiger partial charge in [-0.3, -0.25) is 0 Å². The van der Waals surface area contributed by atoms with Crippen LogP contribution >= 0.6 is 15.9 Å². The number of rotatable bonds is 2. The fraction of sp³-hybridized carbons (Fsp3) is 0.308. The van der Waals surface area contributed by atoms with E-state index in [1.165, 1.54) is 0 Å². The maximum atomic E-state index is 5.89. The molecule has 1 unspecified atom stereocenters. The predicted molar refractivity (Wildman–Crippen MR) is 73.3 cm³/mol. The molecule has 0 aliphatic heterocycles. The predicted octanol–water partition coefficient (Wildman–Crippen LogP) is 3.27. The van der Waals surface area contributed by atoms with Crippen LogP contribution in [0.25, 0.3) is 5.69 Å². The molecule has 1 aromatic heterocycles. The summed E-state index contributed by atoms with van der Waals surface area (Å²) in [5.74, 6) is 0. The average Bonchev–Trinajstić information content (AvgIpc) is 2.59. The number of aromatic nitrogens is 2. The molecule has 3 nitrogen and oxygen atoms in total. The van der Waals surface area contributed by atoms with Gasteiger partial charge in [-0.25, -0.2) is 4.98 Å². The fourth-order valence-electron chi connectivity index (χ4n) is 1.79. The van der Waals surface area contributed by atoms with Crippen LogP contribution in [0.1, 0.15) is 29.9 Å². The summed E-state index contributed by atoms with van der Waals surface area (Å²) in [5.41, 5.74) is 10.3. The van der Waals surface area contributed by atoms with E-state index in [4.69, 9.17) is 5.73 Å². The molecule has 90 valence electrons. The zero-order valence-corrected chi connectivity index (χ0v) is 11.8. The van der Waals surface area contributed by atoms with Crippen LogP contribution in [0.3, 0.4) is 0 Å². The van der Waals surface area contributed by atoms with Crippen molar-refractivity contribution in [2.75, 3.05) is 0 Å². The highest BCUT2D eigenvalue weighted by atomic mass is 79.9. The minimum Gasteiger partial charge on any atom is -0.324 e. The van der Waals surface area contributed by atoms with Gasteiger partial charge in [-0.05, 0) is 38.5 Å². The van der Waals surface area contributed by atoms with Crippen molar-refractivity contribution in [3.63, 3.8) is 0 Å². The van der Waals surface area contributed by atoms with Gasteiger partial charge in [-0.2, -0.15) is 0 Å². The van der Waals surface area contributed by atoms with Gasteiger partial charge in [0.1, 0.15) is 0 Å². The summed E-state index contributed by atoms with van der Waals surface area (Å²) in [5, 5.41) is 0. The number of aryl methyl sites for hydroxylation is 1. The summed E-state index contributed by atoms with van der Waals surface area (Å²) >= 11 is 3.56. The Bertz CT molecular complexity index is 544. The molecule has 0 aliphatic carbocycles. The molecule has 0 aliphatic rings. The largest absolute Gasteiger partial charge is 0.324 e. The third-order valence-electron chi connectivity index (χ3n) is 3.00. The Morgan fingerprint density at radius 3 is 2.53 bits per heavy atom. The van der Waals surface area contributed by atoms with Crippen LogP contribution in [0.15, 0.2) is 29.0 Å². The van der Waals surface area contributed by atoms with E-state index >= 15 is 0 Å². The highest BCUT2D eigenvalue weighted by molar-refractivity contribution is 9.10. The van der Waals surface area contributed by atoms with Crippen LogP contribution in [0.2, 0.25) is 0 Å². The number of halogens is 1. The molecule has 1 atom stereocenters. The molecule has 0 bridgehead atoms. The molecule has 2 aromatic rings. The lowest BCUT2D eigenvalue weighted by molar-refractivity contribution is 0.812.